The average molecular weight is 387 g/mol. The van der Waals surface area contributed by atoms with Crippen molar-refractivity contribution in [2.24, 2.45) is 0 Å². The largest absolute Gasteiger partial charge is 0.457 e. The number of ether oxygens (including phenoxy) is 1. The summed E-state index contributed by atoms with van der Waals surface area (Å²) in [6.45, 7) is 0. The minimum absolute atomic E-state index is 0.774. The minimum atomic E-state index is 0.774. The molecule has 0 bridgehead atoms. The van der Waals surface area contributed by atoms with Gasteiger partial charge in [-0.1, -0.05) is 60.7 Å². The predicted octanol–water partition coefficient (Wildman–Crippen LogP) is 7.39. The Morgan fingerprint density at radius 3 is 1.67 bits per heavy atom. The molecule has 0 amide bonds. The highest BCUT2D eigenvalue weighted by atomic mass is 32.1. The lowest BCUT2D eigenvalue weighted by atomic mass is 9.93. The zero-order chi connectivity index (χ0) is 18.6. The maximum absolute atomic E-state index is 6.27. The SMILES string of the molecule is Sc1ccc(Oc2ccc(S)c(-c3ccccc3)c2-c2ccccc2)cc1. The van der Waals surface area contributed by atoms with Crippen LogP contribution in [0.4, 0.5) is 0 Å². The van der Waals surface area contributed by atoms with Crippen molar-refractivity contribution in [1.82, 2.24) is 0 Å². The Morgan fingerprint density at radius 1 is 0.519 bits per heavy atom. The molecular weight excluding hydrogens is 368 g/mol. The number of hydrogen-bond donors (Lipinski definition) is 2. The second kappa shape index (κ2) is 7.95. The van der Waals surface area contributed by atoms with Crippen LogP contribution in [0.5, 0.6) is 11.5 Å². The van der Waals surface area contributed by atoms with Crippen LogP contribution in [0, 0.1) is 0 Å². The van der Waals surface area contributed by atoms with Gasteiger partial charge in [0.1, 0.15) is 11.5 Å². The molecule has 4 rings (SSSR count). The molecule has 0 saturated heterocycles. The van der Waals surface area contributed by atoms with E-state index in [-0.39, 0.29) is 0 Å². The third kappa shape index (κ3) is 3.90. The van der Waals surface area contributed by atoms with Gasteiger partial charge in [0, 0.05) is 20.9 Å². The van der Waals surface area contributed by atoms with Gasteiger partial charge in [0.05, 0.1) is 0 Å². The van der Waals surface area contributed by atoms with E-state index in [1.165, 1.54) is 0 Å². The van der Waals surface area contributed by atoms with Gasteiger partial charge >= 0.3 is 0 Å². The summed E-state index contributed by atoms with van der Waals surface area (Å²) >= 11 is 9.10. The molecule has 0 spiro atoms. The summed E-state index contributed by atoms with van der Waals surface area (Å²) in [5.41, 5.74) is 4.29. The molecule has 0 aliphatic carbocycles. The van der Waals surface area contributed by atoms with Crippen LogP contribution in [0.3, 0.4) is 0 Å². The van der Waals surface area contributed by atoms with E-state index in [0.717, 1.165) is 43.5 Å². The molecular formula is C24H18OS2. The fourth-order valence-electron chi connectivity index (χ4n) is 3.09. The van der Waals surface area contributed by atoms with E-state index >= 15 is 0 Å². The van der Waals surface area contributed by atoms with Gasteiger partial charge in [-0.05, 0) is 47.5 Å². The fraction of sp³-hybridized carbons (Fsp3) is 0. The molecule has 0 N–H and O–H groups in total. The van der Waals surface area contributed by atoms with Crippen molar-refractivity contribution in [2.75, 3.05) is 0 Å². The molecule has 0 saturated carbocycles. The number of rotatable bonds is 4. The summed E-state index contributed by atoms with van der Waals surface area (Å²) in [6, 6.07) is 32.2. The van der Waals surface area contributed by atoms with Crippen LogP contribution in [0.25, 0.3) is 22.3 Å². The number of hydrogen-bond acceptors (Lipinski definition) is 3. The van der Waals surface area contributed by atoms with Crippen LogP contribution in [0.2, 0.25) is 0 Å². The molecule has 0 aliphatic heterocycles. The van der Waals surface area contributed by atoms with Crippen molar-refractivity contribution in [3.8, 4) is 33.8 Å². The summed E-state index contributed by atoms with van der Waals surface area (Å²) in [4.78, 5) is 1.82. The van der Waals surface area contributed by atoms with Gasteiger partial charge in [0.25, 0.3) is 0 Å². The Kier molecular flexibility index (Phi) is 5.23. The minimum Gasteiger partial charge on any atom is -0.457 e. The van der Waals surface area contributed by atoms with E-state index in [4.69, 9.17) is 17.4 Å². The van der Waals surface area contributed by atoms with Crippen molar-refractivity contribution >= 4 is 25.3 Å². The molecule has 0 radical (unpaired) electrons. The Bertz CT molecular complexity index is 1040. The van der Waals surface area contributed by atoms with Gasteiger partial charge in [-0.15, -0.1) is 25.3 Å². The lowest BCUT2D eigenvalue weighted by Crippen LogP contribution is -1.93. The van der Waals surface area contributed by atoms with Gasteiger partial charge in [0.15, 0.2) is 0 Å². The number of thiol groups is 2. The molecule has 0 aromatic heterocycles. The van der Waals surface area contributed by atoms with E-state index in [9.17, 15) is 0 Å². The number of benzene rings is 4. The lowest BCUT2D eigenvalue weighted by molar-refractivity contribution is 0.484. The molecule has 0 aliphatic rings. The highest BCUT2D eigenvalue weighted by Crippen LogP contribution is 2.44. The van der Waals surface area contributed by atoms with Gasteiger partial charge < -0.3 is 4.74 Å². The maximum atomic E-state index is 6.27. The van der Waals surface area contributed by atoms with Gasteiger partial charge in [-0.3, -0.25) is 0 Å². The molecule has 4 aromatic carbocycles. The van der Waals surface area contributed by atoms with Crippen molar-refractivity contribution in [2.45, 2.75) is 9.79 Å². The Hall–Kier alpha value is -2.62. The predicted molar refractivity (Wildman–Crippen MR) is 118 cm³/mol. The molecule has 0 heterocycles. The summed E-state index contributed by atoms with van der Waals surface area (Å²) < 4.78 is 6.27. The first-order valence-electron chi connectivity index (χ1n) is 8.66. The molecule has 4 aromatic rings. The van der Waals surface area contributed by atoms with E-state index in [0.29, 0.717) is 0 Å². The fourth-order valence-corrected chi connectivity index (χ4v) is 3.55. The second-order valence-electron chi connectivity index (χ2n) is 6.16. The summed E-state index contributed by atoms with van der Waals surface area (Å²) in [5.74, 6) is 1.57. The van der Waals surface area contributed by atoms with Crippen molar-refractivity contribution in [3.05, 3.63) is 97.1 Å². The third-order valence-electron chi connectivity index (χ3n) is 4.33. The normalized spacial score (nSPS) is 10.6. The maximum Gasteiger partial charge on any atom is 0.135 e. The zero-order valence-corrected chi connectivity index (χ0v) is 16.3. The molecule has 0 fully saturated rings. The van der Waals surface area contributed by atoms with Crippen LogP contribution in [0.1, 0.15) is 0 Å². The molecule has 1 nitrogen and oxygen atoms in total. The highest BCUT2D eigenvalue weighted by Gasteiger charge is 2.17. The van der Waals surface area contributed by atoms with Crippen molar-refractivity contribution in [3.63, 3.8) is 0 Å². The van der Waals surface area contributed by atoms with E-state index in [1.807, 2.05) is 72.8 Å². The van der Waals surface area contributed by atoms with E-state index in [2.05, 4.69) is 36.9 Å². The first kappa shape index (κ1) is 17.8. The monoisotopic (exact) mass is 386 g/mol. The van der Waals surface area contributed by atoms with Crippen LogP contribution in [0.15, 0.2) is 107 Å². The van der Waals surface area contributed by atoms with E-state index in [1.54, 1.807) is 0 Å². The van der Waals surface area contributed by atoms with Gasteiger partial charge in [0.2, 0.25) is 0 Å². The van der Waals surface area contributed by atoms with Crippen LogP contribution in [-0.2, 0) is 0 Å². The molecule has 132 valence electrons. The Labute approximate surface area is 170 Å². The van der Waals surface area contributed by atoms with Crippen molar-refractivity contribution < 1.29 is 4.74 Å². The summed E-state index contributed by atoms with van der Waals surface area (Å²) in [7, 11) is 0. The summed E-state index contributed by atoms with van der Waals surface area (Å²) in [6.07, 6.45) is 0. The zero-order valence-electron chi connectivity index (χ0n) is 14.5. The smallest absolute Gasteiger partial charge is 0.135 e. The van der Waals surface area contributed by atoms with E-state index < -0.39 is 0 Å². The third-order valence-corrected chi connectivity index (χ3v) is 5.01. The van der Waals surface area contributed by atoms with Crippen molar-refractivity contribution in [1.29, 1.82) is 0 Å². The standard InChI is InChI=1S/C24H18OS2/c26-20-13-11-19(12-14-20)25-21-15-16-22(27)24(18-9-5-2-6-10-18)23(21)17-7-3-1-4-8-17/h1-16,26-27H. The van der Waals surface area contributed by atoms with Crippen LogP contribution in [-0.4, -0.2) is 0 Å². The molecule has 3 heteroatoms. The molecule has 27 heavy (non-hydrogen) atoms. The van der Waals surface area contributed by atoms with Gasteiger partial charge in [-0.25, -0.2) is 0 Å². The first-order chi connectivity index (χ1) is 13.2. The first-order valence-corrected chi connectivity index (χ1v) is 9.55. The average Bonchev–Trinajstić information content (AvgIpc) is 2.72. The second-order valence-corrected chi connectivity index (χ2v) is 7.16. The highest BCUT2D eigenvalue weighted by molar-refractivity contribution is 7.80. The molecule has 0 atom stereocenters. The molecule has 0 unspecified atom stereocenters. The quantitative estimate of drug-likeness (QED) is 0.348. The summed E-state index contributed by atoms with van der Waals surface area (Å²) in [5, 5.41) is 0. The van der Waals surface area contributed by atoms with Crippen LogP contribution >= 0.6 is 25.3 Å². The van der Waals surface area contributed by atoms with Crippen LogP contribution < -0.4 is 4.74 Å². The van der Waals surface area contributed by atoms with Gasteiger partial charge in [-0.2, -0.15) is 0 Å². The Balaban J connectivity index is 1.92. The topological polar surface area (TPSA) is 9.23 Å². The lowest BCUT2D eigenvalue weighted by Gasteiger charge is -2.18. The Morgan fingerprint density at radius 2 is 1.07 bits per heavy atom.